The molecule has 2 rings (SSSR count). The van der Waals surface area contributed by atoms with E-state index >= 15 is 0 Å². The molecule has 2 heterocycles. The molecule has 1 N–H and O–H groups in total. The third-order valence-electron chi connectivity index (χ3n) is 2.70. The van der Waals surface area contributed by atoms with E-state index in [-0.39, 0.29) is 0 Å². The maximum absolute atomic E-state index is 3.65. The van der Waals surface area contributed by atoms with Gasteiger partial charge in [0.1, 0.15) is 0 Å². The molecule has 1 fully saturated rings. The van der Waals surface area contributed by atoms with Gasteiger partial charge in [0.25, 0.3) is 0 Å². The van der Waals surface area contributed by atoms with Gasteiger partial charge in [-0.1, -0.05) is 0 Å². The SMILES string of the molecule is Cc1cscc1CNC1CCCSC1. The van der Waals surface area contributed by atoms with E-state index in [1.165, 1.54) is 35.5 Å². The molecule has 1 aromatic rings. The summed E-state index contributed by atoms with van der Waals surface area (Å²) in [5, 5.41) is 8.14. The summed E-state index contributed by atoms with van der Waals surface area (Å²) in [6.45, 7) is 3.25. The highest BCUT2D eigenvalue weighted by molar-refractivity contribution is 7.99. The van der Waals surface area contributed by atoms with Crippen LogP contribution in [0.5, 0.6) is 0 Å². The van der Waals surface area contributed by atoms with Crippen molar-refractivity contribution in [3.05, 3.63) is 21.9 Å². The number of hydrogen-bond donors (Lipinski definition) is 1. The van der Waals surface area contributed by atoms with Gasteiger partial charge in [-0.2, -0.15) is 23.1 Å². The fourth-order valence-corrected chi connectivity index (χ4v) is 3.69. The predicted octanol–water partition coefficient (Wildman–Crippen LogP) is 3.04. The van der Waals surface area contributed by atoms with E-state index in [2.05, 4.69) is 34.8 Å². The minimum absolute atomic E-state index is 0.744. The van der Waals surface area contributed by atoms with Crippen LogP contribution in [0.2, 0.25) is 0 Å². The predicted molar refractivity (Wildman–Crippen MR) is 66.2 cm³/mol. The van der Waals surface area contributed by atoms with Gasteiger partial charge >= 0.3 is 0 Å². The van der Waals surface area contributed by atoms with Crippen molar-refractivity contribution in [1.82, 2.24) is 5.32 Å². The molecule has 1 nitrogen and oxygen atoms in total. The van der Waals surface area contributed by atoms with Crippen molar-refractivity contribution in [1.29, 1.82) is 0 Å². The van der Waals surface area contributed by atoms with Gasteiger partial charge in [0.15, 0.2) is 0 Å². The lowest BCUT2D eigenvalue weighted by atomic mass is 10.1. The minimum atomic E-state index is 0.744. The van der Waals surface area contributed by atoms with Gasteiger partial charge in [-0.15, -0.1) is 0 Å². The molecule has 1 aliphatic heterocycles. The molecule has 1 atom stereocenters. The summed E-state index contributed by atoms with van der Waals surface area (Å²) in [5.74, 6) is 2.65. The Bertz CT molecular complexity index is 277. The molecule has 1 unspecified atom stereocenters. The highest BCUT2D eigenvalue weighted by atomic mass is 32.2. The molecule has 0 aliphatic carbocycles. The number of thiophene rings is 1. The molecule has 3 heteroatoms. The van der Waals surface area contributed by atoms with E-state index in [1.54, 1.807) is 0 Å². The smallest absolute Gasteiger partial charge is 0.0219 e. The zero-order chi connectivity index (χ0) is 9.80. The molecule has 0 aromatic carbocycles. The van der Waals surface area contributed by atoms with E-state index in [4.69, 9.17) is 0 Å². The number of aryl methyl sites for hydroxylation is 1. The Kier molecular flexibility index (Phi) is 3.90. The van der Waals surface area contributed by atoms with Gasteiger partial charge < -0.3 is 5.32 Å². The first-order valence-corrected chi connectivity index (χ1v) is 7.29. The van der Waals surface area contributed by atoms with Crippen LogP contribution in [0.3, 0.4) is 0 Å². The molecule has 0 saturated carbocycles. The molecule has 1 aliphatic rings. The van der Waals surface area contributed by atoms with E-state index in [1.807, 2.05) is 11.3 Å². The second-order valence-electron chi connectivity index (χ2n) is 3.88. The zero-order valence-electron chi connectivity index (χ0n) is 8.58. The summed E-state index contributed by atoms with van der Waals surface area (Å²) < 4.78 is 0. The lowest BCUT2D eigenvalue weighted by Gasteiger charge is -2.22. The fourth-order valence-electron chi connectivity index (χ4n) is 1.72. The van der Waals surface area contributed by atoms with E-state index in [0.717, 1.165) is 12.6 Å². The van der Waals surface area contributed by atoms with Crippen molar-refractivity contribution in [3.63, 3.8) is 0 Å². The first kappa shape index (κ1) is 10.5. The van der Waals surface area contributed by atoms with Crippen molar-refractivity contribution in [2.24, 2.45) is 0 Å². The molecule has 1 saturated heterocycles. The molecule has 0 amide bonds. The van der Waals surface area contributed by atoms with Crippen LogP contribution in [-0.2, 0) is 6.54 Å². The number of nitrogens with one attached hydrogen (secondary N) is 1. The summed E-state index contributed by atoms with van der Waals surface area (Å²) >= 11 is 3.89. The van der Waals surface area contributed by atoms with Gasteiger partial charge in [-0.05, 0) is 47.4 Å². The van der Waals surface area contributed by atoms with Crippen LogP contribution in [0.25, 0.3) is 0 Å². The van der Waals surface area contributed by atoms with Crippen molar-refractivity contribution >= 4 is 23.1 Å². The Hall–Kier alpha value is 0.01000. The molecular formula is C11H17NS2. The van der Waals surface area contributed by atoms with Crippen LogP contribution in [0.15, 0.2) is 10.8 Å². The fraction of sp³-hybridized carbons (Fsp3) is 0.636. The van der Waals surface area contributed by atoms with Gasteiger partial charge in [-0.3, -0.25) is 0 Å². The summed E-state index contributed by atoms with van der Waals surface area (Å²) in [7, 11) is 0. The third-order valence-corrected chi connectivity index (χ3v) is 4.83. The van der Waals surface area contributed by atoms with Gasteiger partial charge in [0.05, 0.1) is 0 Å². The summed E-state index contributed by atoms with van der Waals surface area (Å²) in [5.41, 5.74) is 2.91. The zero-order valence-corrected chi connectivity index (χ0v) is 10.2. The van der Waals surface area contributed by atoms with Crippen LogP contribution >= 0.6 is 23.1 Å². The second kappa shape index (κ2) is 5.19. The van der Waals surface area contributed by atoms with E-state index < -0.39 is 0 Å². The second-order valence-corrected chi connectivity index (χ2v) is 5.77. The average molecular weight is 227 g/mol. The third kappa shape index (κ3) is 2.75. The Balaban J connectivity index is 1.79. The number of thioether (sulfide) groups is 1. The van der Waals surface area contributed by atoms with Crippen LogP contribution < -0.4 is 5.32 Å². The summed E-state index contributed by atoms with van der Waals surface area (Å²) in [6.07, 6.45) is 2.74. The lowest BCUT2D eigenvalue weighted by Crippen LogP contribution is -2.33. The van der Waals surface area contributed by atoms with Gasteiger partial charge in [0.2, 0.25) is 0 Å². The van der Waals surface area contributed by atoms with Crippen molar-refractivity contribution < 1.29 is 0 Å². The van der Waals surface area contributed by atoms with E-state index in [9.17, 15) is 0 Å². The topological polar surface area (TPSA) is 12.0 Å². The number of rotatable bonds is 3. The Morgan fingerprint density at radius 3 is 3.07 bits per heavy atom. The lowest BCUT2D eigenvalue weighted by molar-refractivity contribution is 0.507. The molecule has 0 radical (unpaired) electrons. The first-order valence-electron chi connectivity index (χ1n) is 5.19. The normalized spacial score (nSPS) is 22.5. The van der Waals surface area contributed by atoms with Crippen LogP contribution in [-0.4, -0.2) is 17.5 Å². The quantitative estimate of drug-likeness (QED) is 0.852. The average Bonchev–Trinajstić information content (AvgIpc) is 2.63. The summed E-state index contributed by atoms with van der Waals surface area (Å²) in [6, 6.07) is 0.744. The molecule has 0 bridgehead atoms. The number of hydrogen-bond acceptors (Lipinski definition) is 3. The molecule has 1 aromatic heterocycles. The largest absolute Gasteiger partial charge is 0.309 e. The van der Waals surface area contributed by atoms with E-state index in [0.29, 0.717) is 0 Å². The van der Waals surface area contributed by atoms with Gasteiger partial charge in [0, 0.05) is 18.3 Å². The first-order chi connectivity index (χ1) is 6.86. The standard InChI is InChI=1S/C11H17NS2/c1-9-6-14-7-10(9)5-12-11-3-2-4-13-8-11/h6-7,11-12H,2-5,8H2,1H3. The highest BCUT2D eigenvalue weighted by Crippen LogP contribution is 2.18. The van der Waals surface area contributed by atoms with Crippen LogP contribution in [0.1, 0.15) is 24.0 Å². The molecule has 14 heavy (non-hydrogen) atoms. The molecular weight excluding hydrogens is 210 g/mol. The monoisotopic (exact) mass is 227 g/mol. The van der Waals surface area contributed by atoms with Crippen molar-refractivity contribution in [3.8, 4) is 0 Å². The van der Waals surface area contributed by atoms with Crippen molar-refractivity contribution in [2.45, 2.75) is 32.4 Å². The maximum Gasteiger partial charge on any atom is 0.0219 e. The Morgan fingerprint density at radius 1 is 1.50 bits per heavy atom. The summed E-state index contributed by atoms with van der Waals surface area (Å²) in [4.78, 5) is 0. The van der Waals surface area contributed by atoms with Crippen molar-refractivity contribution in [2.75, 3.05) is 11.5 Å². The van der Waals surface area contributed by atoms with Crippen LogP contribution in [0, 0.1) is 6.92 Å². The van der Waals surface area contributed by atoms with Crippen LogP contribution in [0.4, 0.5) is 0 Å². The maximum atomic E-state index is 3.65. The Morgan fingerprint density at radius 2 is 2.43 bits per heavy atom. The highest BCUT2D eigenvalue weighted by Gasteiger charge is 2.12. The molecule has 0 spiro atoms. The molecule has 78 valence electrons. The Labute approximate surface area is 94.3 Å². The van der Waals surface area contributed by atoms with Gasteiger partial charge in [-0.25, -0.2) is 0 Å². The minimum Gasteiger partial charge on any atom is -0.309 e.